The molecule has 5 heteroatoms. The third-order valence-electron chi connectivity index (χ3n) is 3.06. The number of hydrogen-bond acceptors (Lipinski definition) is 4. The summed E-state index contributed by atoms with van der Waals surface area (Å²) in [4.78, 5) is 0. The first kappa shape index (κ1) is 14.7. The van der Waals surface area contributed by atoms with E-state index in [4.69, 9.17) is 15.2 Å². The minimum atomic E-state index is -0.470. The quantitative estimate of drug-likeness (QED) is 0.783. The van der Waals surface area contributed by atoms with Crippen molar-refractivity contribution < 1.29 is 13.9 Å². The summed E-state index contributed by atoms with van der Waals surface area (Å²) in [5.41, 5.74) is 5.68. The fourth-order valence-corrected chi connectivity index (χ4v) is 1.77. The predicted molar refractivity (Wildman–Crippen MR) is 70.5 cm³/mol. The van der Waals surface area contributed by atoms with Crippen molar-refractivity contribution >= 4 is 5.69 Å². The van der Waals surface area contributed by atoms with Crippen LogP contribution in [0.1, 0.15) is 13.3 Å². The van der Waals surface area contributed by atoms with Crippen molar-refractivity contribution in [3.05, 3.63) is 24.0 Å². The highest BCUT2D eigenvalue weighted by Crippen LogP contribution is 2.25. The monoisotopic (exact) mass is 256 g/mol. The zero-order valence-electron chi connectivity index (χ0n) is 11.1. The molecule has 3 N–H and O–H groups in total. The third-order valence-corrected chi connectivity index (χ3v) is 3.06. The van der Waals surface area contributed by atoms with Gasteiger partial charge in [-0.05, 0) is 18.6 Å². The maximum atomic E-state index is 13.7. The van der Waals surface area contributed by atoms with Crippen molar-refractivity contribution in [1.82, 2.24) is 0 Å². The maximum Gasteiger partial charge on any atom is 0.146 e. The Morgan fingerprint density at radius 2 is 2.11 bits per heavy atom. The van der Waals surface area contributed by atoms with Gasteiger partial charge in [0.1, 0.15) is 11.6 Å². The van der Waals surface area contributed by atoms with Crippen LogP contribution in [0.5, 0.6) is 5.75 Å². The first-order valence-electron chi connectivity index (χ1n) is 5.91. The molecule has 0 fully saturated rings. The third kappa shape index (κ3) is 3.34. The molecule has 0 aliphatic carbocycles. The fourth-order valence-electron chi connectivity index (χ4n) is 1.77. The largest absolute Gasteiger partial charge is 0.497 e. The summed E-state index contributed by atoms with van der Waals surface area (Å²) in [6.07, 6.45) is 0.730. The van der Waals surface area contributed by atoms with Gasteiger partial charge in [-0.15, -0.1) is 0 Å². The zero-order chi connectivity index (χ0) is 13.6. The van der Waals surface area contributed by atoms with Gasteiger partial charge in [-0.1, -0.05) is 6.92 Å². The summed E-state index contributed by atoms with van der Waals surface area (Å²) in [6, 6.07) is 4.56. The number of methoxy groups -OCH3 is 2. The second kappa shape index (κ2) is 6.56. The Balaban J connectivity index is 2.99. The lowest BCUT2D eigenvalue weighted by Gasteiger charge is -2.33. The highest BCUT2D eigenvalue weighted by atomic mass is 19.1. The summed E-state index contributed by atoms with van der Waals surface area (Å²) >= 11 is 0. The van der Waals surface area contributed by atoms with E-state index >= 15 is 0 Å². The molecule has 4 nitrogen and oxygen atoms in total. The molecule has 0 aliphatic heterocycles. The zero-order valence-corrected chi connectivity index (χ0v) is 11.1. The molecule has 0 aliphatic rings. The second-order valence-corrected chi connectivity index (χ2v) is 4.24. The average Bonchev–Trinajstić information content (AvgIpc) is 2.40. The van der Waals surface area contributed by atoms with Gasteiger partial charge in [0.25, 0.3) is 0 Å². The van der Waals surface area contributed by atoms with Crippen LogP contribution in [-0.4, -0.2) is 32.9 Å². The Hall–Kier alpha value is -1.33. The van der Waals surface area contributed by atoms with Gasteiger partial charge in [0.2, 0.25) is 0 Å². The summed E-state index contributed by atoms with van der Waals surface area (Å²) < 4.78 is 24.0. The minimum Gasteiger partial charge on any atom is -0.497 e. The van der Waals surface area contributed by atoms with Crippen LogP contribution in [0, 0.1) is 5.82 Å². The molecule has 1 atom stereocenters. The van der Waals surface area contributed by atoms with Crippen molar-refractivity contribution in [2.75, 3.05) is 32.7 Å². The van der Waals surface area contributed by atoms with Crippen LogP contribution < -0.4 is 15.8 Å². The lowest BCUT2D eigenvalue weighted by molar-refractivity contribution is 0.143. The van der Waals surface area contributed by atoms with Gasteiger partial charge in [0.05, 0.1) is 24.9 Å². The molecule has 102 valence electrons. The maximum absolute atomic E-state index is 13.7. The Morgan fingerprint density at radius 1 is 1.39 bits per heavy atom. The molecule has 0 bridgehead atoms. The molecule has 1 unspecified atom stereocenters. The van der Waals surface area contributed by atoms with Crippen molar-refractivity contribution in [3.8, 4) is 5.75 Å². The SMILES string of the molecule is CCC(CN)(COC)Nc1cc(OC)ccc1F. The van der Waals surface area contributed by atoms with Gasteiger partial charge in [0.15, 0.2) is 0 Å². The number of hydrogen-bond donors (Lipinski definition) is 2. The number of nitrogens with one attached hydrogen (secondary N) is 1. The Bertz CT molecular complexity index is 381. The van der Waals surface area contributed by atoms with E-state index in [2.05, 4.69) is 5.32 Å². The molecule has 1 rings (SSSR count). The van der Waals surface area contributed by atoms with Crippen LogP contribution >= 0.6 is 0 Å². The topological polar surface area (TPSA) is 56.5 Å². The van der Waals surface area contributed by atoms with E-state index in [1.165, 1.54) is 6.07 Å². The molecule has 0 radical (unpaired) electrons. The van der Waals surface area contributed by atoms with Gasteiger partial charge < -0.3 is 20.5 Å². The Labute approximate surface area is 107 Å². The predicted octanol–water partition coefficient (Wildman–Crippen LogP) is 2.00. The van der Waals surface area contributed by atoms with Crippen molar-refractivity contribution in [1.29, 1.82) is 0 Å². The number of rotatable bonds is 7. The molecule has 0 heterocycles. The van der Waals surface area contributed by atoms with Gasteiger partial charge in [-0.25, -0.2) is 4.39 Å². The van der Waals surface area contributed by atoms with Crippen molar-refractivity contribution in [3.63, 3.8) is 0 Å². The average molecular weight is 256 g/mol. The second-order valence-electron chi connectivity index (χ2n) is 4.24. The van der Waals surface area contributed by atoms with Gasteiger partial charge in [-0.3, -0.25) is 0 Å². The number of ether oxygens (including phenoxy) is 2. The van der Waals surface area contributed by atoms with Crippen LogP contribution in [0.25, 0.3) is 0 Å². The Kier molecular flexibility index (Phi) is 5.37. The van der Waals surface area contributed by atoms with E-state index in [0.29, 0.717) is 24.6 Å². The molecule has 0 amide bonds. The van der Waals surface area contributed by atoms with Gasteiger partial charge in [0, 0.05) is 19.7 Å². The fraction of sp³-hybridized carbons (Fsp3) is 0.538. The van der Waals surface area contributed by atoms with Gasteiger partial charge >= 0.3 is 0 Å². The minimum absolute atomic E-state index is 0.335. The first-order chi connectivity index (χ1) is 8.60. The summed E-state index contributed by atoms with van der Waals surface area (Å²) in [7, 11) is 3.14. The highest BCUT2D eigenvalue weighted by molar-refractivity contribution is 5.51. The van der Waals surface area contributed by atoms with E-state index in [1.54, 1.807) is 26.4 Å². The molecule has 1 aromatic rings. The summed E-state index contributed by atoms with van der Waals surface area (Å²) in [6.45, 7) is 2.75. The standard InChI is InChI=1S/C13H21FN2O2/c1-4-13(8-15,9-17-2)16-12-7-10(18-3)5-6-11(12)14/h5-7,16H,4,8-9,15H2,1-3H3. The lowest BCUT2D eigenvalue weighted by atomic mass is 9.96. The van der Waals surface area contributed by atoms with Crippen LogP contribution in [0.4, 0.5) is 10.1 Å². The Morgan fingerprint density at radius 3 is 2.61 bits per heavy atom. The molecule has 1 aromatic carbocycles. The van der Waals surface area contributed by atoms with E-state index in [9.17, 15) is 4.39 Å². The lowest BCUT2D eigenvalue weighted by Crippen LogP contribution is -2.49. The normalized spacial score (nSPS) is 14.1. The summed E-state index contributed by atoms with van der Waals surface area (Å²) in [5.74, 6) is 0.261. The highest BCUT2D eigenvalue weighted by Gasteiger charge is 2.27. The van der Waals surface area contributed by atoms with E-state index in [-0.39, 0.29) is 5.82 Å². The molecular weight excluding hydrogens is 235 g/mol. The van der Waals surface area contributed by atoms with E-state index in [0.717, 1.165) is 6.42 Å². The number of nitrogens with two attached hydrogens (primary N) is 1. The van der Waals surface area contributed by atoms with Crippen LogP contribution in [0.3, 0.4) is 0 Å². The van der Waals surface area contributed by atoms with E-state index in [1.807, 2.05) is 6.92 Å². The molecule has 0 saturated heterocycles. The summed E-state index contributed by atoms with van der Waals surface area (Å²) in [5, 5.41) is 3.13. The van der Waals surface area contributed by atoms with Crippen LogP contribution in [0.15, 0.2) is 18.2 Å². The molecule has 0 saturated carbocycles. The number of anilines is 1. The van der Waals surface area contributed by atoms with E-state index < -0.39 is 5.54 Å². The number of halogens is 1. The van der Waals surface area contributed by atoms with Crippen molar-refractivity contribution in [2.24, 2.45) is 5.73 Å². The van der Waals surface area contributed by atoms with Crippen molar-refractivity contribution in [2.45, 2.75) is 18.9 Å². The smallest absolute Gasteiger partial charge is 0.146 e. The number of benzene rings is 1. The van der Waals surface area contributed by atoms with Gasteiger partial charge in [-0.2, -0.15) is 0 Å². The molecule has 0 aromatic heterocycles. The van der Waals surface area contributed by atoms with Crippen LogP contribution in [-0.2, 0) is 4.74 Å². The molecule has 0 spiro atoms. The molecular formula is C13H21FN2O2. The van der Waals surface area contributed by atoms with Crippen LogP contribution in [0.2, 0.25) is 0 Å². The first-order valence-corrected chi connectivity index (χ1v) is 5.91. The molecule has 18 heavy (non-hydrogen) atoms.